The van der Waals surface area contributed by atoms with E-state index in [4.69, 9.17) is 9.47 Å². The minimum absolute atomic E-state index is 0.186. The van der Waals surface area contributed by atoms with Gasteiger partial charge in [-0.2, -0.15) is 0 Å². The van der Waals surface area contributed by atoms with Gasteiger partial charge in [0.05, 0.1) is 7.11 Å². The van der Waals surface area contributed by atoms with E-state index in [1.54, 1.807) is 32.9 Å². The Bertz CT molecular complexity index is 509. The highest BCUT2D eigenvalue weighted by molar-refractivity contribution is 5.74. The Labute approximate surface area is 124 Å². The molecule has 0 aromatic carbocycles. The van der Waals surface area contributed by atoms with Crippen molar-refractivity contribution in [2.75, 3.05) is 7.11 Å². The Balaban J connectivity index is 2.68. The zero-order chi connectivity index (χ0) is 16.0. The fourth-order valence-electron chi connectivity index (χ4n) is 1.76. The fourth-order valence-corrected chi connectivity index (χ4v) is 1.76. The Hall–Kier alpha value is -2.11. The number of aldehydes is 1. The summed E-state index contributed by atoms with van der Waals surface area (Å²) in [5.74, 6) is 0.383. The Kier molecular flexibility index (Phi) is 5.69. The maximum Gasteiger partial charge on any atom is 0.407 e. The first-order chi connectivity index (χ1) is 9.75. The SMILES string of the molecule is COc1ccc(CC(C)NC(=O)OC(C)(C)C)c(C=O)n1. The lowest BCUT2D eigenvalue weighted by Crippen LogP contribution is -2.38. The van der Waals surface area contributed by atoms with Crippen molar-refractivity contribution in [3.63, 3.8) is 0 Å². The summed E-state index contributed by atoms with van der Waals surface area (Å²) in [5, 5.41) is 2.73. The van der Waals surface area contributed by atoms with Gasteiger partial charge in [-0.3, -0.25) is 4.79 Å². The molecular weight excluding hydrogens is 272 g/mol. The summed E-state index contributed by atoms with van der Waals surface area (Å²) in [5.41, 5.74) is 0.515. The van der Waals surface area contributed by atoms with Crippen molar-refractivity contribution < 1.29 is 19.1 Å². The molecule has 1 aromatic heterocycles. The van der Waals surface area contributed by atoms with E-state index in [-0.39, 0.29) is 6.04 Å². The van der Waals surface area contributed by atoms with Gasteiger partial charge in [0.15, 0.2) is 6.29 Å². The van der Waals surface area contributed by atoms with E-state index < -0.39 is 11.7 Å². The lowest BCUT2D eigenvalue weighted by Gasteiger charge is -2.22. The molecule has 1 amide bonds. The van der Waals surface area contributed by atoms with Gasteiger partial charge in [-0.25, -0.2) is 9.78 Å². The zero-order valence-electron chi connectivity index (χ0n) is 13.1. The molecule has 6 heteroatoms. The molecule has 0 spiro atoms. The van der Waals surface area contributed by atoms with Crippen LogP contribution < -0.4 is 10.1 Å². The number of aromatic nitrogens is 1. The number of hydrogen-bond donors (Lipinski definition) is 1. The van der Waals surface area contributed by atoms with Gasteiger partial charge in [-0.15, -0.1) is 0 Å². The van der Waals surface area contributed by atoms with E-state index in [0.29, 0.717) is 24.3 Å². The maximum absolute atomic E-state index is 11.7. The first-order valence-electron chi connectivity index (χ1n) is 6.73. The van der Waals surface area contributed by atoms with Gasteiger partial charge in [0.2, 0.25) is 5.88 Å². The predicted molar refractivity (Wildman–Crippen MR) is 78.7 cm³/mol. The van der Waals surface area contributed by atoms with Gasteiger partial charge in [0.1, 0.15) is 11.3 Å². The van der Waals surface area contributed by atoms with Crippen molar-refractivity contribution in [1.82, 2.24) is 10.3 Å². The molecule has 0 saturated carbocycles. The third-order valence-electron chi connectivity index (χ3n) is 2.60. The summed E-state index contributed by atoms with van der Waals surface area (Å²) < 4.78 is 10.2. The highest BCUT2D eigenvalue weighted by atomic mass is 16.6. The van der Waals surface area contributed by atoms with Crippen molar-refractivity contribution in [3.05, 3.63) is 23.4 Å². The molecule has 0 fully saturated rings. The summed E-state index contributed by atoms with van der Waals surface area (Å²) in [4.78, 5) is 26.8. The van der Waals surface area contributed by atoms with E-state index in [1.807, 2.05) is 6.92 Å². The van der Waals surface area contributed by atoms with Gasteiger partial charge < -0.3 is 14.8 Å². The number of alkyl carbamates (subject to hydrolysis) is 1. The Morgan fingerprint density at radius 1 is 1.43 bits per heavy atom. The number of hydrogen-bond acceptors (Lipinski definition) is 5. The number of nitrogens with one attached hydrogen (secondary N) is 1. The number of carbonyl (C=O) groups excluding carboxylic acids is 2. The standard InChI is InChI=1S/C15H22N2O4/c1-10(16-14(19)21-15(2,3)4)8-11-6-7-13(20-5)17-12(11)9-18/h6-7,9-10H,8H2,1-5H3,(H,16,19). The molecule has 1 aromatic rings. The van der Waals surface area contributed by atoms with Crippen LogP contribution in [0.1, 0.15) is 43.7 Å². The monoisotopic (exact) mass is 294 g/mol. The molecule has 0 bridgehead atoms. The lowest BCUT2D eigenvalue weighted by molar-refractivity contribution is 0.0508. The van der Waals surface area contributed by atoms with E-state index in [1.165, 1.54) is 7.11 Å². The fraction of sp³-hybridized carbons (Fsp3) is 0.533. The summed E-state index contributed by atoms with van der Waals surface area (Å²) in [6, 6.07) is 3.26. The van der Waals surface area contributed by atoms with E-state index in [2.05, 4.69) is 10.3 Å². The maximum atomic E-state index is 11.7. The second-order valence-corrected chi connectivity index (χ2v) is 5.77. The number of nitrogens with zero attached hydrogens (tertiary/aromatic N) is 1. The van der Waals surface area contributed by atoms with E-state index in [9.17, 15) is 9.59 Å². The quantitative estimate of drug-likeness (QED) is 0.843. The third kappa shape index (κ3) is 5.81. The number of rotatable bonds is 5. The van der Waals surface area contributed by atoms with Crippen LogP contribution in [-0.2, 0) is 11.2 Å². The van der Waals surface area contributed by atoms with E-state index in [0.717, 1.165) is 5.56 Å². The molecule has 6 nitrogen and oxygen atoms in total. The lowest BCUT2D eigenvalue weighted by atomic mass is 10.1. The summed E-state index contributed by atoms with van der Waals surface area (Å²) in [6.07, 6.45) is 0.673. The normalized spacial score (nSPS) is 12.4. The van der Waals surface area contributed by atoms with Crippen molar-refractivity contribution >= 4 is 12.4 Å². The van der Waals surface area contributed by atoms with Crippen LogP contribution in [0.2, 0.25) is 0 Å². The minimum atomic E-state index is -0.542. The topological polar surface area (TPSA) is 77.5 Å². The van der Waals surface area contributed by atoms with Crippen LogP contribution in [0.5, 0.6) is 5.88 Å². The molecule has 1 heterocycles. The number of methoxy groups -OCH3 is 1. The second kappa shape index (κ2) is 7.06. The molecule has 116 valence electrons. The van der Waals surface area contributed by atoms with Crippen LogP contribution in [0.3, 0.4) is 0 Å². The van der Waals surface area contributed by atoms with Crippen LogP contribution in [-0.4, -0.2) is 36.1 Å². The van der Waals surface area contributed by atoms with Crippen LogP contribution in [0.15, 0.2) is 12.1 Å². The molecule has 1 atom stereocenters. The highest BCUT2D eigenvalue weighted by Crippen LogP contribution is 2.14. The molecule has 0 aliphatic carbocycles. The first-order valence-corrected chi connectivity index (χ1v) is 6.73. The molecular formula is C15H22N2O4. The number of carbonyl (C=O) groups is 2. The molecule has 1 N–H and O–H groups in total. The highest BCUT2D eigenvalue weighted by Gasteiger charge is 2.18. The smallest absolute Gasteiger partial charge is 0.407 e. The minimum Gasteiger partial charge on any atom is -0.481 e. The van der Waals surface area contributed by atoms with Crippen molar-refractivity contribution in [3.8, 4) is 5.88 Å². The molecule has 1 rings (SSSR count). The Morgan fingerprint density at radius 3 is 2.62 bits per heavy atom. The van der Waals surface area contributed by atoms with Crippen LogP contribution >= 0.6 is 0 Å². The van der Waals surface area contributed by atoms with Crippen LogP contribution in [0, 0.1) is 0 Å². The summed E-state index contributed by atoms with van der Waals surface area (Å²) >= 11 is 0. The molecule has 1 unspecified atom stereocenters. The zero-order valence-corrected chi connectivity index (χ0v) is 13.1. The summed E-state index contributed by atoms with van der Waals surface area (Å²) in [6.45, 7) is 7.24. The van der Waals surface area contributed by atoms with Crippen LogP contribution in [0.4, 0.5) is 4.79 Å². The molecule has 0 saturated heterocycles. The average molecular weight is 294 g/mol. The van der Waals surface area contributed by atoms with Crippen LogP contribution in [0.25, 0.3) is 0 Å². The van der Waals surface area contributed by atoms with Gasteiger partial charge >= 0.3 is 6.09 Å². The number of ether oxygens (including phenoxy) is 2. The average Bonchev–Trinajstić information content (AvgIpc) is 2.36. The molecule has 0 aliphatic rings. The summed E-state index contributed by atoms with van der Waals surface area (Å²) in [7, 11) is 1.49. The Morgan fingerprint density at radius 2 is 2.10 bits per heavy atom. The van der Waals surface area contributed by atoms with Gasteiger partial charge in [0, 0.05) is 12.1 Å². The van der Waals surface area contributed by atoms with Gasteiger partial charge in [0.25, 0.3) is 0 Å². The van der Waals surface area contributed by atoms with Gasteiger partial charge in [-0.1, -0.05) is 6.07 Å². The number of amides is 1. The molecule has 21 heavy (non-hydrogen) atoms. The predicted octanol–water partition coefficient (Wildman–Crippen LogP) is 2.36. The molecule has 0 radical (unpaired) electrons. The molecule has 0 aliphatic heterocycles. The van der Waals surface area contributed by atoms with Gasteiger partial charge in [-0.05, 0) is 39.7 Å². The third-order valence-corrected chi connectivity index (χ3v) is 2.60. The first kappa shape index (κ1) is 16.9. The largest absolute Gasteiger partial charge is 0.481 e. The van der Waals surface area contributed by atoms with E-state index >= 15 is 0 Å². The van der Waals surface area contributed by atoms with Crippen molar-refractivity contribution in [2.45, 2.75) is 45.8 Å². The number of pyridine rings is 1. The van der Waals surface area contributed by atoms with Crippen molar-refractivity contribution in [2.24, 2.45) is 0 Å². The second-order valence-electron chi connectivity index (χ2n) is 5.77. The van der Waals surface area contributed by atoms with Crippen molar-refractivity contribution in [1.29, 1.82) is 0 Å².